The minimum absolute atomic E-state index is 0.115. The number of likely N-dealkylation sites (N-methyl/N-ethyl adjacent to an activating group) is 1. The molecule has 1 aliphatic heterocycles. The van der Waals surface area contributed by atoms with E-state index in [4.69, 9.17) is 5.73 Å². The van der Waals surface area contributed by atoms with Crippen molar-refractivity contribution in [1.29, 1.82) is 0 Å². The maximum Gasteiger partial charge on any atom is 0.0544 e. The molecular formula is C15H26N4. The van der Waals surface area contributed by atoms with E-state index in [9.17, 15) is 0 Å². The monoisotopic (exact) mass is 262 g/mol. The van der Waals surface area contributed by atoms with Gasteiger partial charge in [0.2, 0.25) is 0 Å². The lowest BCUT2D eigenvalue weighted by atomic mass is 9.82. The van der Waals surface area contributed by atoms with Crippen molar-refractivity contribution in [2.24, 2.45) is 5.73 Å². The summed E-state index contributed by atoms with van der Waals surface area (Å²) >= 11 is 0. The first-order chi connectivity index (χ1) is 9.07. The van der Waals surface area contributed by atoms with Crippen LogP contribution < -0.4 is 5.73 Å². The summed E-state index contributed by atoms with van der Waals surface area (Å²) in [6, 6.07) is 6.67. The average molecular weight is 262 g/mol. The lowest BCUT2D eigenvalue weighted by Gasteiger charge is -2.49. The summed E-state index contributed by atoms with van der Waals surface area (Å²) in [5.74, 6) is 0. The van der Waals surface area contributed by atoms with E-state index in [1.54, 1.807) is 0 Å². The molecule has 19 heavy (non-hydrogen) atoms. The number of piperidine rings is 1. The molecule has 4 heteroatoms. The molecule has 0 aromatic carbocycles. The Labute approximate surface area is 116 Å². The molecule has 2 N–H and O–H groups in total. The Balaban J connectivity index is 2.08. The van der Waals surface area contributed by atoms with Crippen LogP contribution in [0.3, 0.4) is 0 Å². The quantitative estimate of drug-likeness (QED) is 0.889. The molecule has 1 saturated heterocycles. The van der Waals surface area contributed by atoms with E-state index in [0.29, 0.717) is 12.6 Å². The van der Waals surface area contributed by atoms with Crippen LogP contribution in [0.15, 0.2) is 24.4 Å². The van der Waals surface area contributed by atoms with Crippen molar-refractivity contribution in [2.75, 3.05) is 27.2 Å². The van der Waals surface area contributed by atoms with Crippen molar-refractivity contribution in [3.05, 3.63) is 30.1 Å². The fraction of sp³-hybridized carbons (Fsp3) is 0.667. The third kappa shape index (κ3) is 3.14. The van der Waals surface area contributed by atoms with Crippen LogP contribution in [0.1, 0.15) is 25.5 Å². The van der Waals surface area contributed by atoms with Gasteiger partial charge in [-0.2, -0.15) is 0 Å². The first-order valence-electron chi connectivity index (χ1n) is 7.09. The molecule has 0 bridgehead atoms. The Morgan fingerprint density at radius 2 is 2.32 bits per heavy atom. The molecular weight excluding hydrogens is 236 g/mol. The molecule has 106 valence electrons. The predicted octanol–water partition coefficient (Wildman–Crippen LogP) is 1.32. The molecule has 2 rings (SSSR count). The second kappa shape index (κ2) is 5.99. The van der Waals surface area contributed by atoms with Crippen LogP contribution in [0.25, 0.3) is 0 Å². The maximum absolute atomic E-state index is 6.12. The highest BCUT2D eigenvalue weighted by molar-refractivity contribution is 5.06. The van der Waals surface area contributed by atoms with Crippen LogP contribution in [-0.4, -0.2) is 53.5 Å². The standard InChI is InChI=1S/C15H26N4/c1-13-10-15(12-16,7-9-18(13)2)19(3)11-14-6-4-5-8-17-14/h4-6,8,13H,7,9-12,16H2,1-3H3. The Bertz CT molecular complexity index is 394. The molecule has 0 radical (unpaired) electrons. The molecule has 2 unspecified atom stereocenters. The van der Waals surface area contributed by atoms with Gasteiger partial charge in [-0.25, -0.2) is 0 Å². The van der Waals surface area contributed by atoms with Crippen molar-refractivity contribution in [1.82, 2.24) is 14.8 Å². The van der Waals surface area contributed by atoms with Crippen molar-refractivity contribution in [2.45, 2.75) is 37.9 Å². The van der Waals surface area contributed by atoms with Gasteiger partial charge in [0.15, 0.2) is 0 Å². The number of rotatable bonds is 4. The van der Waals surface area contributed by atoms with Crippen molar-refractivity contribution in [3.8, 4) is 0 Å². The van der Waals surface area contributed by atoms with Gasteiger partial charge in [0.25, 0.3) is 0 Å². The first-order valence-corrected chi connectivity index (χ1v) is 7.09. The smallest absolute Gasteiger partial charge is 0.0544 e. The van der Waals surface area contributed by atoms with Crippen LogP contribution in [0.2, 0.25) is 0 Å². The number of nitrogens with zero attached hydrogens (tertiary/aromatic N) is 3. The van der Waals surface area contributed by atoms with E-state index in [1.165, 1.54) is 0 Å². The zero-order valence-corrected chi connectivity index (χ0v) is 12.3. The first kappa shape index (κ1) is 14.4. The minimum atomic E-state index is 0.115. The fourth-order valence-electron chi connectivity index (χ4n) is 3.00. The predicted molar refractivity (Wildman–Crippen MR) is 78.8 cm³/mol. The molecule has 2 heterocycles. The minimum Gasteiger partial charge on any atom is -0.329 e. The third-order valence-electron chi connectivity index (χ3n) is 4.67. The van der Waals surface area contributed by atoms with Gasteiger partial charge in [0.05, 0.1) is 5.69 Å². The number of nitrogens with two attached hydrogens (primary N) is 1. The van der Waals surface area contributed by atoms with E-state index < -0.39 is 0 Å². The Morgan fingerprint density at radius 3 is 2.89 bits per heavy atom. The van der Waals surface area contributed by atoms with Crippen LogP contribution >= 0.6 is 0 Å². The van der Waals surface area contributed by atoms with Gasteiger partial charge < -0.3 is 10.6 Å². The summed E-state index contributed by atoms with van der Waals surface area (Å²) in [5.41, 5.74) is 7.35. The maximum atomic E-state index is 6.12. The third-order valence-corrected chi connectivity index (χ3v) is 4.67. The van der Waals surface area contributed by atoms with Crippen LogP contribution in [-0.2, 0) is 6.54 Å². The van der Waals surface area contributed by atoms with Gasteiger partial charge in [0.1, 0.15) is 0 Å². The lowest BCUT2D eigenvalue weighted by molar-refractivity contribution is 0.0215. The lowest BCUT2D eigenvalue weighted by Crippen LogP contribution is -2.59. The highest BCUT2D eigenvalue weighted by Gasteiger charge is 2.39. The van der Waals surface area contributed by atoms with Gasteiger partial charge in [0, 0.05) is 30.9 Å². The summed E-state index contributed by atoms with van der Waals surface area (Å²) in [6.45, 7) is 4.99. The molecule has 0 spiro atoms. The van der Waals surface area contributed by atoms with Gasteiger partial charge in [-0.3, -0.25) is 9.88 Å². The highest BCUT2D eigenvalue weighted by Crippen LogP contribution is 2.30. The van der Waals surface area contributed by atoms with E-state index >= 15 is 0 Å². The van der Waals surface area contributed by atoms with E-state index in [-0.39, 0.29) is 5.54 Å². The molecule has 0 amide bonds. The number of hydrogen-bond donors (Lipinski definition) is 1. The van der Waals surface area contributed by atoms with Crippen LogP contribution in [0.5, 0.6) is 0 Å². The second-order valence-electron chi connectivity index (χ2n) is 5.89. The summed E-state index contributed by atoms with van der Waals surface area (Å²) in [7, 11) is 4.38. The van der Waals surface area contributed by atoms with Gasteiger partial charge >= 0.3 is 0 Å². The normalized spacial score (nSPS) is 28.8. The Morgan fingerprint density at radius 1 is 1.53 bits per heavy atom. The topological polar surface area (TPSA) is 45.4 Å². The van der Waals surface area contributed by atoms with Crippen LogP contribution in [0.4, 0.5) is 0 Å². The summed E-state index contributed by atoms with van der Waals surface area (Å²) < 4.78 is 0. The van der Waals surface area contributed by atoms with Gasteiger partial charge in [-0.1, -0.05) is 6.07 Å². The van der Waals surface area contributed by atoms with Crippen molar-refractivity contribution in [3.63, 3.8) is 0 Å². The van der Waals surface area contributed by atoms with E-state index in [1.807, 2.05) is 18.3 Å². The number of hydrogen-bond acceptors (Lipinski definition) is 4. The number of likely N-dealkylation sites (tertiary alicyclic amines) is 1. The summed E-state index contributed by atoms with van der Waals surface area (Å²) in [4.78, 5) is 9.24. The second-order valence-corrected chi connectivity index (χ2v) is 5.89. The number of aromatic nitrogens is 1. The average Bonchev–Trinajstić information content (AvgIpc) is 2.43. The van der Waals surface area contributed by atoms with Crippen molar-refractivity contribution >= 4 is 0 Å². The van der Waals surface area contributed by atoms with Gasteiger partial charge in [-0.05, 0) is 52.5 Å². The highest BCUT2D eigenvalue weighted by atomic mass is 15.2. The Kier molecular flexibility index (Phi) is 4.55. The molecule has 1 aliphatic rings. The summed E-state index contributed by atoms with van der Waals surface area (Å²) in [5, 5.41) is 0. The Hall–Kier alpha value is -0.970. The molecule has 4 nitrogen and oxygen atoms in total. The molecule has 0 aliphatic carbocycles. The van der Waals surface area contributed by atoms with Crippen LogP contribution in [0, 0.1) is 0 Å². The SMILES string of the molecule is CC1CC(CN)(N(C)Cc2ccccn2)CCN1C. The van der Waals surface area contributed by atoms with E-state index in [0.717, 1.165) is 31.6 Å². The summed E-state index contributed by atoms with van der Waals surface area (Å²) in [6.07, 6.45) is 4.12. The number of pyridine rings is 1. The fourth-order valence-corrected chi connectivity index (χ4v) is 3.00. The molecule has 1 aromatic rings. The zero-order valence-electron chi connectivity index (χ0n) is 12.3. The van der Waals surface area contributed by atoms with Gasteiger partial charge in [-0.15, -0.1) is 0 Å². The largest absolute Gasteiger partial charge is 0.329 e. The van der Waals surface area contributed by atoms with E-state index in [2.05, 4.69) is 41.9 Å². The van der Waals surface area contributed by atoms with Crippen molar-refractivity contribution < 1.29 is 0 Å². The molecule has 2 atom stereocenters. The molecule has 0 saturated carbocycles. The zero-order chi connectivity index (χ0) is 13.9. The molecule has 1 fully saturated rings. The molecule has 1 aromatic heterocycles.